The molecule has 0 saturated heterocycles. The second-order valence-electron chi connectivity index (χ2n) is 12.9. The summed E-state index contributed by atoms with van der Waals surface area (Å²) in [6.45, 7) is 0.280. The van der Waals surface area contributed by atoms with Crippen molar-refractivity contribution >= 4 is 74.9 Å². The van der Waals surface area contributed by atoms with E-state index in [0.717, 1.165) is 44.2 Å². The number of aromatic nitrogens is 4. The van der Waals surface area contributed by atoms with Crippen LogP contribution < -0.4 is 20.6 Å². The van der Waals surface area contributed by atoms with Crippen LogP contribution in [0.25, 0.3) is 5.69 Å². The number of hydrogen-bond acceptors (Lipinski definition) is 12. The molecule has 1 aliphatic heterocycles. The highest BCUT2D eigenvalue weighted by Gasteiger charge is 2.34. The van der Waals surface area contributed by atoms with E-state index in [-0.39, 0.29) is 33.7 Å². The molecule has 57 heavy (non-hydrogen) atoms. The quantitative estimate of drug-likeness (QED) is 0.0829. The summed E-state index contributed by atoms with van der Waals surface area (Å²) in [7, 11) is -7.27. The van der Waals surface area contributed by atoms with Gasteiger partial charge in [-0.1, -0.05) is 45.9 Å². The molecule has 0 radical (unpaired) electrons. The van der Waals surface area contributed by atoms with Gasteiger partial charge in [0, 0.05) is 41.8 Å². The topological polar surface area (TPSA) is 236 Å². The molecule has 310 valence electrons. The van der Waals surface area contributed by atoms with E-state index in [1.807, 2.05) is 5.32 Å². The van der Waals surface area contributed by atoms with E-state index in [4.69, 9.17) is 60.5 Å². The molecule has 22 heteroatoms. The maximum absolute atomic E-state index is 12.6. The zero-order chi connectivity index (χ0) is 42.7. The number of sulfone groups is 1. The number of nitrogens with zero attached hydrogens (tertiary/aromatic N) is 4. The maximum atomic E-state index is 12.6. The van der Waals surface area contributed by atoms with E-state index < -0.39 is 42.0 Å². The lowest BCUT2D eigenvalue weighted by Gasteiger charge is -2.14. The van der Waals surface area contributed by atoms with Gasteiger partial charge < -0.3 is 28.7 Å². The van der Waals surface area contributed by atoms with Gasteiger partial charge in [0.05, 0.1) is 64.0 Å². The van der Waals surface area contributed by atoms with E-state index in [2.05, 4.69) is 34.9 Å². The normalized spacial score (nSPS) is 14.3. The Kier molecular flexibility index (Phi) is 17.9. The van der Waals surface area contributed by atoms with Crippen LogP contribution in [0.4, 0.5) is 0 Å². The largest absolute Gasteiger partial charge is 0.778 e. The first-order valence-corrected chi connectivity index (χ1v) is 24.1. The van der Waals surface area contributed by atoms with Gasteiger partial charge in [-0.15, -0.1) is 11.5 Å². The number of carbonyl (C=O) groups is 2. The lowest BCUT2D eigenvalue weighted by Crippen LogP contribution is -2.26. The van der Waals surface area contributed by atoms with Crippen LogP contribution in [-0.4, -0.2) is 94.1 Å². The molecule has 2 aliphatic rings. The molecule has 1 fully saturated rings. The first-order valence-electron chi connectivity index (χ1n) is 16.8. The Morgan fingerprint density at radius 2 is 1.81 bits per heavy atom. The lowest BCUT2D eigenvalue weighted by atomic mass is 10.0. The van der Waals surface area contributed by atoms with Crippen LogP contribution in [0.5, 0.6) is 5.75 Å². The van der Waals surface area contributed by atoms with Crippen LogP contribution in [-0.2, 0) is 43.1 Å². The summed E-state index contributed by atoms with van der Waals surface area (Å²) in [5.41, 5.74) is 0.642. The number of carbonyl (C=O) groups excluding carboxylic acids is 1. The van der Waals surface area contributed by atoms with Gasteiger partial charge in [0.1, 0.15) is 25.8 Å². The first kappa shape index (κ1) is 47.7. The Morgan fingerprint density at radius 3 is 2.37 bits per heavy atom. The Morgan fingerprint density at radius 1 is 1.14 bits per heavy atom. The second kappa shape index (κ2) is 21.4. The minimum Gasteiger partial charge on any atom is -0.778 e. The number of hydrogen-bond donors (Lipinski definition) is 3. The number of ether oxygens (including phenoxy) is 1. The number of aryl methyl sites for hydroxylation is 1. The molecule has 3 heterocycles. The zero-order valence-electron chi connectivity index (χ0n) is 31.2. The van der Waals surface area contributed by atoms with Gasteiger partial charge in [-0.25, -0.2) is 13.2 Å². The number of ketones is 1. The Hall–Kier alpha value is -3.63. The third-order valence-corrected chi connectivity index (χ3v) is 10.1. The van der Waals surface area contributed by atoms with Crippen molar-refractivity contribution < 1.29 is 46.7 Å². The zero-order valence-corrected chi connectivity index (χ0v) is 36.0. The van der Waals surface area contributed by atoms with Crippen LogP contribution in [0.3, 0.4) is 0 Å². The van der Waals surface area contributed by atoms with Crippen molar-refractivity contribution in [1.29, 1.82) is 0 Å². The highest BCUT2D eigenvalue weighted by Crippen LogP contribution is 2.42. The molecular weight excluding hydrogens is 868 g/mol. The van der Waals surface area contributed by atoms with Gasteiger partial charge in [0.25, 0.3) is 0 Å². The van der Waals surface area contributed by atoms with Gasteiger partial charge in [-0.3, -0.25) is 19.5 Å². The Bertz CT molecular complexity index is 2310. The predicted molar refractivity (Wildman–Crippen MR) is 217 cm³/mol. The second-order valence-corrected chi connectivity index (χ2v) is 20.2. The summed E-state index contributed by atoms with van der Waals surface area (Å²) in [5, 5.41) is 18.9. The molecular formula is C35H41Cl3N5O11PS2. The fourth-order valence-electron chi connectivity index (χ4n) is 4.97. The van der Waals surface area contributed by atoms with Gasteiger partial charge >= 0.3 is 11.7 Å². The summed E-state index contributed by atoms with van der Waals surface area (Å²) in [4.78, 5) is 52.8. The Labute approximate surface area is 347 Å². The van der Waals surface area contributed by atoms with Crippen molar-refractivity contribution in [2.45, 2.75) is 49.5 Å². The van der Waals surface area contributed by atoms with Gasteiger partial charge in [-0.05, 0) is 60.8 Å². The average Bonchev–Trinajstić information content (AvgIpc) is 3.74. The number of carboxylic acids is 1. The molecule has 3 N–H and O–H groups in total. The summed E-state index contributed by atoms with van der Waals surface area (Å²) in [5.74, 6) is 2.68. The molecule has 2 aromatic heterocycles. The third kappa shape index (κ3) is 14.9. The van der Waals surface area contributed by atoms with Crippen LogP contribution in [0, 0.1) is 12.3 Å². The van der Waals surface area contributed by atoms with Crippen molar-refractivity contribution in [3.63, 3.8) is 0 Å². The van der Waals surface area contributed by atoms with Crippen LogP contribution >= 0.6 is 42.4 Å². The number of aliphatic carboxylic acids is 1. The van der Waals surface area contributed by atoms with Crippen molar-refractivity contribution in [2.75, 3.05) is 44.5 Å². The fourth-order valence-corrected chi connectivity index (χ4v) is 7.02. The maximum Gasteiger partial charge on any atom is 0.350 e. The van der Waals surface area contributed by atoms with Crippen molar-refractivity contribution in [2.24, 2.45) is 0 Å². The average molecular weight is 909 g/mol. The van der Waals surface area contributed by atoms with Gasteiger partial charge in [0.15, 0.2) is 21.4 Å². The number of nitrogens with one attached hydrogen (secondary N) is 1. The van der Waals surface area contributed by atoms with Crippen LogP contribution in [0.15, 0.2) is 50.7 Å². The summed E-state index contributed by atoms with van der Waals surface area (Å²) in [6, 6.07) is 7.31. The van der Waals surface area contributed by atoms with Crippen LogP contribution in [0.1, 0.15) is 59.1 Å². The highest BCUT2D eigenvalue weighted by atomic mass is 35.5. The smallest absolute Gasteiger partial charge is 0.350 e. The summed E-state index contributed by atoms with van der Waals surface area (Å²) >= 11 is 18.1. The molecule has 4 aromatic rings. The number of fused-ring (bicyclic) bond motifs is 1. The number of rotatable bonds is 11. The van der Waals surface area contributed by atoms with E-state index in [0.29, 0.717) is 50.2 Å². The summed E-state index contributed by atoms with van der Waals surface area (Å²) in [6.07, 6.45) is 18.1. The minimum atomic E-state index is -4.35. The first-order chi connectivity index (χ1) is 26.6. The summed E-state index contributed by atoms with van der Waals surface area (Å²) < 4.78 is 47.1. The van der Waals surface area contributed by atoms with E-state index in [1.165, 1.54) is 35.1 Å². The monoisotopic (exact) mass is 907 g/mol. The molecule has 0 bridgehead atoms. The number of carboxylic acid groups (broad SMARTS) is 1. The minimum absolute atomic E-state index is 0.0788. The molecule has 1 unspecified atom stereocenters. The fraction of sp³-hybridized carbons (Fsp3) is 0.400. The standard InChI is InChI=1S/C15H13Cl2N3O2.C14H12ClNO4S.C3H8NO5P.C3H9S/c1-2-7-22-13-9-12(10(16)8-11(13)17)20-15(21)19-6-4-3-5-14(19)18-20;1-21(18,19)12-6-9(15)4-5-10(12)13(17)11-7-16-20-14(11)8-2-3-8;5-3(6)1-4-2-10(7,8)9;1-4(2)3/h1,8-9H,3-7H2;4-8H,2-3H2,1H3;4H,1-2H2,(H,5,6)(H2,7,8,9);1-3H3/q;;;+1/p-1. The van der Waals surface area contributed by atoms with Crippen molar-refractivity contribution in [3.05, 3.63) is 84.8 Å². The molecule has 6 rings (SSSR count). The molecule has 16 nitrogen and oxygen atoms in total. The number of benzene rings is 2. The highest BCUT2D eigenvalue weighted by molar-refractivity contribution is 7.94. The van der Waals surface area contributed by atoms with Crippen LogP contribution in [0.2, 0.25) is 15.1 Å². The molecule has 1 saturated carbocycles. The third-order valence-electron chi connectivity index (χ3n) is 7.48. The number of halogens is 3. The predicted octanol–water partition coefficient (Wildman–Crippen LogP) is 4.19. The number of terminal acetylenes is 1. The van der Waals surface area contributed by atoms with E-state index in [9.17, 15) is 32.3 Å². The van der Waals surface area contributed by atoms with Gasteiger partial charge in [-0.2, -0.15) is 4.68 Å². The van der Waals surface area contributed by atoms with Gasteiger partial charge in [0.2, 0.25) is 0 Å². The molecule has 1 aliphatic carbocycles. The van der Waals surface area contributed by atoms with E-state index >= 15 is 0 Å². The lowest BCUT2D eigenvalue weighted by molar-refractivity contribution is -0.193. The Balaban J connectivity index is 0.000000232. The molecule has 0 amide bonds. The molecule has 1 atom stereocenters. The molecule has 0 spiro atoms. The van der Waals surface area contributed by atoms with Crippen molar-refractivity contribution in [3.8, 4) is 23.8 Å². The van der Waals surface area contributed by atoms with E-state index in [1.54, 1.807) is 10.6 Å². The van der Waals surface area contributed by atoms with Crippen molar-refractivity contribution in [1.82, 2.24) is 24.8 Å². The molecule has 2 aromatic carbocycles. The SMILES string of the molecule is C#CCOc1cc(-n2nc3n(c2=O)CCCC3)c(Cl)cc1Cl.CS(=O)(=O)c1cc(Cl)ccc1C(=O)c1cnoc1C1CC1.C[S+](C)C.O=C(O)CNCP(=O)([O-])O.